The van der Waals surface area contributed by atoms with Crippen LogP contribution in [0.1, 0.15) is 18.9 Å². The van der Waals surface area contributed by atoms with E-state index < -0.39 is 0 Å². The fourth-order valence-electron chi connectivity index (χ4n) is 1.84. The molecule has 0 saturated carbocycles. The summed E-state index contributed by atoms with van der Waals surface area (Å²) in [4.78, 5) is 1.26. The van der Waals surface area contributed by atoms with Gasteiger partial charge in [-0.15, -0.1) is 0 Å². The van der Waals surface area contributed by atoms with E-state index in [1.807, 2.05) is 6.07 Å². The average molecular weight is 293 g/mol. The molecule has 2 aromatic rings. The Labute approximate surface area is 122 Å². The van der Waals surface area contributed by atoms with Crippen molar-refractivity contribution < 1.29 is 8.78 Å². The van der Waals surface area contributed by atoms with E-state index in [4.69, 9.17) is 0 Å². The maximum absolute atomic E-state index is 13.9. The summed E-state index contributed by atoms with van der Waals surface area (Å²) in [7, 11) is 0. The lowest BCUT2D eigenvalue weighted by atomic mass is 10.2. The molecule has 0 amide bonds. The van der Waals surface area contributed by atoms with Crippen LogP contribution in [-0.4, -0.2) is 6.54 Å². The molecule has 20 heavy (non-hydrogen) atoms. The van der Waals surface area contributed by atoms with Crippen molar-refractivity contribution >= 4 is 11.8 Å². The van der Waals surface area contributed by atoms with Crippen molar-refractivity contribution in [3.8, 4) is 0 Å². The molecule has 0 heterocycles. The van der Waals surface area contributed by atoms with Crippen LogP contribution in [0, 0.1) is 11.6 Å². The Hall–Kier alpha value is -1.39. The zero-order chi connectivity index (χ0) is 14.4. The summed E-state index contributed by atoms with van der Waals surface area (Å²) in [6, 6.07) is 11.5. The van der Waals surface area contributed by atoms with E-state index in [-0.39, 0.29) is 11.6 Å². The minimum absolute atomic E-state index is 0.255. The van der Waals surface area contributed by atoms with Gasteiger partial charge in [-0.3, -0.25) is 0 Å². The van der Waals surface area contributed by atoms with Crippen molar-refractivity contribution in [1.82, 2.24) is 5.32 Å². The lowest BCUT2D eigenvalue weighted by molar-refractivity contribution is 0.578. The largest absolute Gasteiger partial charge is 0.313 e. The fourth-order valence-corrected chi connectivity index (χ4v) is 2.83. The first-order valence-electron chi connectivity index (χ1n) is 6.63. The number of benzene rings is 2. The van der Waals surface area contributed by atoms with Crippen LogP contribution < -0.4 is 5.32 Å². The highest BCUT2D eigenvalue weighted by Gasteiger charge is 2.11. The molecule has 2 rings (SSSR count). The summed E-state index contributed by atoms with van der Waals surface area (Å²) in [5.74, 6) is -0.538. The van der Waals surface area contributed by atoms with Gasteiger partial charge in [-0.2, -0.15) is 0 Å². The standard InChI is InChI=1S/C16H17F2NS/c1-2-10-19-11-12-13(17)7-5-9-15(12)20-16-8-4-3-6-14(16)18/h3-9,19H,2,10-11H2,1H3. The molecule has 0 saturated heterocycles. The number of rotatable bonds is 6. The molecular weight excluding hydrogens is 276 g/mol. The van der Waals surface area contributed by atoms with Crippen LogP contribution in [-0.2, 0) is 6.54 Å². The first kappa shape index (κ1) is 15.0. The van der Waals surface area contributed by atoms with Gasteiger partial charge in [-0.05, 0) is 37.2 Å². The molecule has 0 aliphatic rings. The summed E-state index contributed by atoms with van der Waals surface area (Å²) >= 11 is 1.26. The molecule has 0 radical (unpaired) electrons. The molecule has 1 N–H and O–H groups in total. The normalized spacial score (nSPS) is 10.8. The number of nitrogens with one attached hydrogen (secondary N) is 1. The van der Waals surface area contributed by atoms with Crippen molar-refractivity contribution in [2.75, 3.05) is 6.54 Å². The predicted molar refractivity (Wildman–Crippen MR) is 78.9 cm³/mol. The monoisotopic (exact) mass is 293 g/mol. The third kappa shape index (κ3) is 3.81. The molecule has 0 aromatic heterocycles. The lowest BCUT2D eigenvalue weighted by Gasteiger charge is -2.11. The summed E-state index contributed by atoms with van der Waals surface area (Å²) in [6.07, 6.45) is 0.990. The summed E-state index contributed by atoms with van der Waals surface area (Å²) in [5.41, 5.74) is 0.592. The van der Waals surface area contributed by atoms with Gasteiger partial charge in [0.05, 0.1) is 0 Å². The zero-order valence-electron chi connectivity index (χ0n) is 11.3. The molecule has 2 aromatic carbocycles. The molecule has 106 valence electrons. The molecular formula is C16H17F2NS. The number of halogens is 2. The lowest BCUT2D eigenvalue weighted by Crippen LogP contribution is -2.15. The van der Waals surface area contributed by atoms with Gasteiger partial charge in [0, 0.05) is 21.9 Å². The molecule has 4 heteroatoms. The van der Waals surface area contributed by atoms with Crippen LogP contribution >= 0.6 is 11.8 Å². The van der Waals surface area contributed by atoms with Gasteiger partial charge in [0.25, 0.3) is 0 Å². The Morgan fingerprint density at radius 1 is 0.950 bits per heavy atom. The highest BCUT2D eigenvalue weighted by molar-refractivity contribution is 7.99. The number of hydrogen-bond donors (Lipinski definition) is 1. The van der Waals surface area contributed by atoms with E-state index in [1.165, 1.54) is 23.9 Å². The van der Waals surface area contributed by atoms with E-state index in [1.54, 1.807) is 24.3 Å². The van der Waals surface area contributed by atoms with Gasteiger partial charge in [-0.25, -0.2) is 8.78 Å². The van der Waals surface area contributed by atoms with Gasteiger partial charge in [-0.1, -0.05) is 36.9 Å². The first-order chi connectivity index (χ1) is 9.72. The summed E-state index contributed by atoms with van der Waals surface area (Å²) < 4.78 is 27.6. The highest BCUT2D eigenvalue weighted by atomic mass is 32.2. The quantitative estimate of drug-likeness (QED) is 0.780. The first-order valence-corrected chi connectivity index (χ1v) is 7.44. The molecule has 0 fully saturated rings. The Bertz CT molecular complexity index is 572. The van der Waals surface area contributed by atoms with Crippen LogP contribution in [0.5, 0.6) is 0 Å². The average Bonchev–Trinajstić information content (AvgIpc) is 2.44. The molecule has 1 nitrogen and oxygen atoms in total. The highest BCUT2D eigenvalue weighted by Crippen LogP contribution is 2.33. The summed E-state index contributed by atoms with van der Waals surface area (Å²) in [5, 5.41) is 3.19. The van der Waals surface area contributed by atoms with Gasteiger partial charge in [0.2, 0.25) is 0 Å². The van der Waals surface area contributed by atoms with Crippen molar-refractivity contribution in [2.45, 2.75) is 29.7 Å². The molecule has 0 unspecified atom stereocenters. The Balaban J connectivity index is 2.23. The second kappa shape index (κ2) is 7.41. The van der Waals surface area contributed by atoms with Gasteiger partial charge in [0.1, 0.15) is 11.6 Å². The Morgan fingerprint density at radius 2 is 1.65 bits per heavy atom. The Kier molecular flexibility index (Phi) is 5.56. The maximum atomic E-state index is 13.9. The zero-order valence-corrected chi connectivity index (χ0v) is 12.1. The third-order valence-electron chi connectivity index (χ3n) is 2.86. The van der Waals surface area contributed by atoms with Crippen molar-refractivity contribution in [1.29, 1.82) is 0 Å². The van der Waals surface area contributed by atoms with Gasteiger partial charge in [0.15, 0.2) is 0 Å². The van der Waals surface area contributed by atoms with E-state index in [9.17, 15) is 8.78 Å². The minimum atomic E-state index is -0.283. The second-order valence-electron chi connectivity index (χ2n) is 4.43. The van der Waals surface area contributed by atoms with Crippen LogP contribution in [0.4, 0.5) is 8.78 Å². The van der Waals surface area contributed by atoms with Gasteiger partial charge < -0.3 is 5.32 Å². The van der Waals surface area contributed by atoms with E-state index in [0.29, 0.717) is 17.0 Å². The molecule has 0 spiro atoms. The van der Waals surface area contributed by atoms with E-state index in [2.05, 4.69) is 12.2 Å². The molecule has 0 atom stereocenters. The fraction of sp³-hybridized carbons (Fsp3) is 0.250. The van der Waals surface area contributed by atoms with Crippen LogP contribution in [0.15, 0.2) is 52.3 Å². The Morgan fingerprint density at radius 3 is 2.40 bits per heavy atom. The summed E-state index contributed by atoms with van der Waals surface area (Å²) in [6.45, 7) is 3.35. The SMILES string of the molecule is CCCNCc1c(F)cccc1Sc1ccccc1F. The van der Waals surface area contributed by atoms with Crippen LogP contribution in [0.25, 0.3) is 0 Å². The van der Waals surface area contributed by atoms with Gasteiger partial charge >= 0.3 is 0 Å². The van der Waals surface area contributed by atoms with Crippen LogP contribution in [0.3, 0.4) is 0 Å². The minimum Gasteiger partial charge on any atom is -0.313 e. The van der Waals surface area contributed by atoms with E-state index >= 15 is 0 Å². The molecule has 0 aliphatic carbocycles. The van der Waals surface area contributed by atoms with Crippen molar-refractivity contribution in [3.05, 3.63) is 59.7 Å². The topological polar surface area (TPSA) is 12.0 Å². The smallest absolute Gasteiger partial charge is 0.137 e. The second-order valence-corrected chi connectivity index (χ2v) is 5.51. The molecule has 0 bridgehead atoms. The maximum Gasteiger partial charge on any atom is 0.137 e. The number of hydrogen-bond acceptors (Lipinski definition) is 2. The molecule has 0 aliphatic heterocycles. The van der Waals surface area contributed by atoms with Crippen molar-refractivity contribution in [3.63, 3.8) is 0 Å². The third-order valence-corrected chi connectivity index (χ3v) is 4.01. The van der Waals surface area contributed by atoms with E-state index in [0.717, 1.165) is 17.9 Å². The van der Waals surface area contributed by atoms with Crippen molar-refractivity contribution in [2.24, 2.45) is 0 Å². The predicted octanol–water partition coefficient (Wildman–Crippen LogP) is 4.62. The van der Waals surface area contributed by atoms with Crippen LogP contribution in [0.2, 0.25) is 0 Å².